The second-order valence-electron chi connectivity index (χ2n) is 6.16. The Hall–Kier alpha value is -3.42. The van der Waals surface area contributed by atoms with Gasteiger partial charge in [-0.15, -0.1) is 0 Å². The van der Waals surface area contributed by atoms with E-state index in [1.807, 2.05) is 6.20 Å². The average molecular weight is 385 g/mol. The van der Waals surface area contributed by atoms with Crippen LogP contribution < -0.4 is 16.0 Å². The Kier molecular flexibility index (Phi) is 6.21. The van der Waals surface area contributed by atoms with Gasteiger partial charge >= 0.3 is 0 Å². The zero-order chi connectivity index (χ0) is 19.9. The van der Waals surface area contributed by atoms with Crippen molar-refractivity contribution in [1.29, 1.82) is 0 Å². The van der Waals surface area contributed by atoms with Crippen molar-refractivity contribution in [3.05, 3.63) is 65.9 Å². The number of rotatable bonds is 6. The fourth-order valence-electron chi connectivity index (χ4n) is 2.80. The first-order valence-electron chi connectivity index (χ1n) is 8.80. The van der Waals surface area contributed by atoms with Crippen LogP contribution in [0, 0.1) is 11.6 Å². The Morgan fingerprint density at radius 3 is 2.57 bits per heavy atom. The number of hydrogen-bond acceptors (Lipinski definition) is 2. The number of hydrogen-bond donors (Lipinski definition) is 4. The first-order chi connectivity index (χ1) is 13.5. The molecule has 0 atom stereocenters. The number of aliphatic imine (C=N–C) groups is 1. The van der Waals surface area contributed by atoms with Crippen molar-refractivity contribution >= 4 is 28.5 Å². The summed E-state index contributed by atoms with van der Waals surface area (Å²) in [4.78, 5) is 19.2. The quantitative estimate of drug-likeness (QED) is 0.389. The highest BCUT2D eigenvalue weighted by atomic mass is 19.1. The second kappa shape index (κ2) is 8.98. The van der Waals surface area contributed by atoms with Gasteiger partial charge in [-0.25, -0.2) is 8.78 Å². The van der Waals surface area contributed by atoms with Gasteiger partial charge in [0.05, 0.1) is 6.54 Å². The average Bonchev–Trinajstić information content (AvgIpc) is 3.08. The highest BCUT2D eigenvalue weighted by Gasteiger charge is 2.07. The second-order valence-corrected chi connectivity index (χ2v) is 6.16. The van der Waals surface area contributed by atoms with Crippen LogP contribution in [0.1, 0.15) is 5.56 Å². The molecule has 8 heteroatoms. The maximum Gasteiger partial charge on any atom is 0.243 e. The van der Waals surface area contributed by atoms with E-state index in [9.17, 15) is 13.6 Å². The third kappa shape index (κ3) is 5.06. The summed E-state index contributed by atoms with van der Waals surface area (Å²) in [6.45, 7) is 0.568. The van der Waals surface area contributed by atoms with Gasteiger partial charge in [0.25, 0.3) is 0 Å². The van der Waals surface area contributed by atoms with Crippen molar-refractivity contribution in [1.82, 2.24) is 15.6 Å². The number of aromatic amines is 1. The van der Waals surface area contributed by atoms with Gasteiger partial charge in [0.1, 0.15) is 11.6 Å². The lowest BCUT2D eigenvalue weighted by molar-refractivity contribution is -0.115. The highest BCUT2D eigenvalue weighted by molar-refractivity contribution is 5.95. The van der Waals surface area contributed by atoms with Gasteiger partial charge < -0.3 is 20.9 Å². The molecule has 1 heterocycles. The van der Waals surface area contributed by atoms with Gasteiger partial charge in [-0.3, -0.25) is 9.79 Å². The number of nitrogens with zero attached hydrogens (tertiary/aromatic N) is 1. The molecule has 0 aliphatic carbocycles. The molecule has 1 amide bonds. The molecule has 3 rings (SSSR count). The van der Waals surface area contributed by atoms with Gasteiger partial charge in [-0.2, -0.15) is 0 Å². The number of nitrogens with one attached hydrogen (secondary N) is 4. The van der Waals surface area contributed by atoms with Crippen molar-refractivity contribution in [2.75, 3.05) is 25.5 Å². The number of fused-ring (bicyclic) bond motifs is 1. The number of aromatic nitrogens is 1. The molecular weight excluding hydrogens is 364 g/mol. The molecule has 28 heavy (non-hydrogen) atoms. The van der Waals surface area contributed by atoms with Crippen LogP contribution >= 0.6 is 0 Å². The molecule has 3 aromatic rings. The van der Waals surface area contributed by atoms with Gasteiger partial charge in [-0.05, 0) is 54.4 Å². The Balaban J connectivity index is 1.46. The molecule has 0 fully saturated rings. The first-order valence-corrected chi connectivity index (χ1v) is 8.80. The standard InChI is InChI=1S/C20H21F2N5O/c1-23-20(26-12-19(28)27-16-5-2-14(21)3-6-16)24-9-8-13-11-25-18-7-4-15(22)10-17(13)18/h2-7,10-11,25H,8-9,12H2,1H3,(H,27,28)(H2,23,24,26). The summed E-state index contributed by atoms with van der Waals surface area (Å²) in [6.07, 6.45) is 2.52. The Bertz CT molecular complexity index is 982. The summed E-state index contributed by atoms with van der Waals surface area (Å²) >= 11 is 0. The van der Waals surface area contributed by atoms with Crippen molar-refractivity contribution < 1.29 is 13.6 Å². The lowest BCUT2D eigenvalue weighted by Gasteiger charge is -2.12. The number of H-pyrrole nitrogens is 1. The van der Waals surface area contributed by atoms with E-state index in [2.05, 4.69) is 25.9 Å². The Morgan fingerprint density at radius 2 is 1.82 bits per heavy atom. The monoisotopic (exact) mass is 385 g/mol. The zero-order valence-corrected chi connectivity index (χ0v) is 15.4. The molecule has 0 unspecified atom stereocenters. The van der Waals surface area contributed by atoms with Crippen LogP contribution in [-0.2, 0) is 11.2 Å². The number of benzene rings is 2. The lowest BCUT2D eigenvalue weighted by atomic mass is 10.1. The molecule has 0 bridgehead atoms. The molecule has 1 aromatic heterocycles. The Morgan fingerprint density at radius 1 is 1.07 bits per heavy atom. The van der Waals surface area contributed by atoms with Crippen molar-refractivity contribution in [3.8, 4) is 0 Å². The molecule has 0 aliphatic rings. The van der Waals surface area contributed by atoms with Gasteiger partial charge in [0.2, 0.25) is 5.91 Å². The summed E-state index contributed by atoms with van der Waals surface area (Å²) in [5.41, 5.74) is 2.39. The molecule has 6 nitrogen and oxygen atoms in total. The van der Waals surface area contributed by atoms with Crippen LogP contribution in [0.5, 0.6) is 0 Å². The highest BCUT2D eigenvalue weighted by Crippen LogP contribution is 2.19. The SMILES string of the molecule is CN=C(NCCc1c[nH]c2ccc(F)cc12)NCC(=O)Nc1ccc(F)cc1. The molecule has 0 spiro atoms. The van der Waals surface area contributed by atoms with E-state index in [0.717, 1.165) is 16.5 Å². The smallest absolute Gasteiger partial charge is 0.243 e. The van der Waals surface area contributed by atoms with Crippen LogP contribution in [-0.4, -0.2) is 37.0 Å². The zero-order valence-electron chi connectivity index (χ0n) is 15.4. The maximum atomic E-state index is 13.4. The van der Waals surface area contributed by atoms with Crippen molar-refractivity contribution in [2.45, 2.75) is 6.42 Å². The number of guanidine groups is 1. The topological polar surface area (TPSA) is 81.3 Å². The third-order valence-electron chi connectivity index (χ3n) is 4.18. The van der Waals surface area contributed by atoms with Gasteiger partial charge in [0.15, 0.2) is 5.96 Å². The van der Waals surface area contributed by atoms with Gasteiger partial charge in [-0.1, -0.05) is 0 Å². The summed E-state index contributed by atoms with van der Waals surface area (Å²) in [5.74, 6) is -0.438. The number of halogens is 2. The molecule has 4 N–H and O–H groups in total. The Labute approximate surface area is 161 Å². The molecule has 0 aliphatic heterocycles. The lowest BCUT2D eigenvalue weighted by Crippen LogP contribution is -2.42. The minimum atomic E-state index is -0.362. The van der Waals surface area contributed by atoms with E-state index in [-0.39, 0.29) is 24.1 Å². The van der Waals surface area contributed by atoms with Crippen LogP contribution in [0.3, 0.4) is 0 Å². The molecule has 0 radical (unpaired) electrons. The van der Waals surface area contributed by atoms with Crippen LogP contribution in [0.15, 0.2) is 53.7 Å². The largest absolute Gasteiger partial charge is 0.361 e. The predicted molar refractivity (Wildman–Crippen MR) is 106 cm³/mol. The molecule has 0 saturated heterocycles. The normalized spacial score (nSPS) is 11.5. The van der Waals surface area contributed by atoms with Crippen LogP contribution in [0.25, 0.3) is 10.9 Å². The molecular formula is C20H21F2N5O. The van der Waals surface area contributed by atoms with Gasteiger partial charge in [0, 0.05) is 36.4 Å². The number of amides is 1. The number of anilines is 1. The van der Waals surface area contributed by atoms with E-state index in [1.165, 1.54) is 36.4 Å². The fraction of sp³-hybridized carbons (Fsp3) is 0.200. The van der Waals surface area contributed by atoms with Crippen LogP contribution in [0.4, 0.5) is 14.5 Å². The summed E-state index contributed by atoms with van der Waals surface area (Å²) in [7, 11) is 1.61. The third-order valence-corrected chi connectivity index (χ3v) is 4.18. The summed E-state index contributed by atoms with van der Waals surface area (Å²) in [5, 5.41) is 9.54. The van der Waals surface area contributed by atoms with Crippen molar-refractivity contribution in [3.63, 3.8) is 0 Å². The van der Waals surface area contributed by atoms with Crippen LogP contribution in [0.2, 0.25) is 0 Å². The van der Waals surface area contributed by atoms with E-state index < -0.39 is 0 Å². The molecule has 2 aromatic carbocycles. The van der Waals surface area contributed by atoms with E-state index >= 15 is 0 Å². The summed E-state index contributed by atoms with van der Waals surface area (Å²) < 4.78 is 26.3. The van der Waals surface area contributed by atoms with E-state index in [1.54, 1.807) is 13.1 Å². The first kappa shape index (κ1) is 19.3. The van der Waals surface area contributed by atoms with Crippen molar-refractivity contribution in [2.24, 2.45) is 4.99 Å². The minimum absolute atomic E-state index is 0.00927. The summed E-state index contributed by atoms with van der Waals surface area (Å²) in [6, 6.07) is 10.2. The fourth-order valence-corrected chi connectivity index (χ4v) is 2.80. The predicted octanol–water partition coefficient (Wildman–Crippen LogP) is 2.79. The number of carbonyl (C=O) groups is 1. The van der Waals surface area contributed by atoms with E-state index in [4.69, 9.17) is 0 Å². The number of carbonyl (C=O) groups excluding carboxylic acids is 1. The minimum Gasteiger partial charge on any atom is -0.361 e. The molecule has 146 valence electrons. The van der Waals surface area contributed by atoms with E-state index in [0.29, 0.717) is 24.6 Å². The molecule has 0 saturated carbocycles. The maximum absolute atomic E-state index is 13.4.